The zero-order chi connectivity index (χ0) is 16.2. The Bertz CT molecular complexity index is 524. The first-order valence-corrected chi connectivity index (χ1v) is 7.92. The third-order valence-electron chi connectivity index (χ3n) is 3.62. The van der Waals surface area contributed by atoms with Crippen LogP contribution in [0, 0.1) is 5.92 Å². The van der Waals surface area contributed by atoms with Crippen LogP contribution in [0.1, 0.15) is 30.0 Å². The molecule has 1 aliphatic rings. The molecule has 1 fully saturated rings. The van der Waals surface area contributed by atoms with E-state index in [-0.39, 0.29) is 42.5 Å². The van der Waals surface area contributed by atoms with E-state index in [0.717, 1.165) is 36.0 Å². The van der Waals surface area contributed by atoms with Crippen LogP contribution in [-0.4, -0.2) is 35.7 Å². The minimum absolute atomic E-state index is 0. The van der Waals surface area contributed by atoms with Crippen molar-refractivity contribution in [3.8, 4) is 0 Å². The number of rotatable bonds is 4. The molecule has 0 radical (unpaired) electrons. The first-order valence-electron chi connectivity index (χ1n) is 7.04. The number of aliphatic imine (C=N–C) groups is 1. The van der Waals surface area contributed by atoms with Crippen molar-refractivity contribution in [2.24, 2.45) is 10.9 Å². The van der Waals surface area contributed by atoms with Gasteiger partial charge in [-0.1, -0.05) is 6.42 Å². The fourth-order valence-corrected chi connectivity index (χ4v) is 3.13. The van der Waals surface area contributed by atoms with E-state index in [9.17, 15) is 18.3 Å². The molecule has 23 heavy (non-hydrogen) atoms. The molecular weight excluding hydrogens is 444 g/mol. The molecule has 0 aromatic carbocycles. The van der Waals surface area contributed by atoms with E-state index in [1.165, 1.54) is 0 Å². The molecule has 2 atom stereocenters. The van der Waals surface area contributed by atoms with Crippen LogP contribution >= 0.6 is 35.3 Å². The molecule has 10 heteroatoms. The molecule has 1 aliphatic carbocycles. The molecular formula is C13H20F3IN4OS. The van der Waals surface area contributed by atoms with Crippen molar-refractivity contribution in [3.05, 3.63) is 16.1 Å². The molecule has 0 spiro atoms. The second-order valence-electron chi connectivity index (χ2n) is 5.19. The van der Waals surface area contributed by atoms with Crippen LogP contribution in [0.15, 0.2) is 10.4 Å². The number of thiazole rings is 1. The molecule has 0 saturated heterocycles. The Morgan fingerprint density at radius 1 is 1.43 bits per heavy atom. The Morgan fingerprint density at radius 2 is 2.17 bits per heavy atom. The highest BCUT2D eigenvalue weighted by Gasteiger charge is 2.33. The number of aliphatic hydroxyl groups excluding tert-OH is 1. The third-order valence-corrected chi connectivity index (χ3v) is 4.47. The van der Waals surface area contributed by atoms with Crippen LogP contribution in [0.25, 0.3) is 0 Å². The number of aliphatic hydroxyl groups is 1. The van der Waals surface area contributed by atoms with Gasteiger partial charge >= 0.3 is 6.18 Å². The number of hydrogen-bond donors (Lipinski definition) is 3. The molecule has 3 N–H and O–H groups in total. The summed E-state index contributed by atoms with van der Waals surface area (Å²) in [6.07, 6.45) is -1.91. The van der Waals surface area contributed by atoms with Gasteiger partial charge in [0, 0.05) is 24.9 Å². The number of aromatic nitrogens is 1. The largest absolute Gasteiger partial charge is 0.434 e. The molecule has 0 amide bonds. The van der Waals surface area contributed by atoms with Gasteiger partial charge in [-0.2, -0.15) is 13.2 Å². The molecule has 1 heterocycles. The van der Waals surface area contributed by atoms with Gasteiger partial charge in [0.25, 0.3) is 0 Å². The number of alkyl halides is 3. The third kappa shape index (κ3) is 6.07. The Kier molecular flexibility index (Phi) is 8.01. The summed E-state index contributed by atoms with van der Waals surface area (Å²) >= 11 is 0.956. The second-order valence-corrected chi connectivity index (χ2v) is 6.13. The highest BCUT2D eigenvalue weighted by molar-refractivity contribution is 14.0. The van der Waals surface area contributed by atoms with E-state index in [4.69, 9.17) is 0 Å². The fourth-order valence-electron chi connectivity index (χ4n) is 2.39. The highest BCUT2D eigenvalue weighted by Crippen LogP contribution is 2.30. The number of halogens is 4. The van der Waals surface area contributed by atoms with Crippen LogP contribution < -0.4 is 10.6 Å². The van der Waals surface area contributed by atoms with Gasteiger partial charge in [0.15, 0.2) is 11.7 Å². The van der Waals surface area contributed by atoms with Crippen LogP contribution in [0.3, 0.4) is 0 Å². The normalized spacial score (nSPS) is 21.9. The van der Waals surface area contributed by atoms with Gasteiger partial charge in [-0.25, -0.2) is 4.98 Å². The lowest BCUT2D eigenvalue weighted by atomic mass is 10.1. The Hall–Kier alpha value is -0.620. The summed E-state index contributed by atoms with van der Waals surface area (Å²) in [6.45, 7) is 0.764. The predicted molar refractivity (Wildman–Crippen MR) is 94.1 cm³/mol. The topological polar surface area (TPSA) is 69.5 Å². The van der Waals surface area contributed by atoms with Crippen LogP contribution in [0.4, 0.5) is 13.2 Å². The lowest BCUT2D eigenvalue weighted by Gasteiger charge is -2.17. The Morgan fingerprint density at radius 3 is 2.70 bits per heavy atom. The van der Waals surface area contributed by atoms with E-state index in [1.807, 2.05) is 0 Å². The molecule has 2 rings (SSSR count). The van der Waals surface area contributed by atoms with Crippen LogP contribution in [0.2, 0.25) is 0 Å². The molecule has 0 aliphatic heterocycles. The molecule has 1 aromatic rings. The summed E-state index contributed by atoms with van der Waals surface area (Å²) in [4.78, 5) is 7.56. The minimum Gasteiger partial charge on any atom is -0.393 e. The lowest BCUT2D eigenvalue weighted by Crippen LogP contribution is -2.40. The van der Waals surface area contributed by atoms with Crippen molar-refractivity contribution in [1.82, 2.24) is 15.6 Å². The van der Waals surface area contributed by atoms with Crippen LogP contribution in [0.5, 0.6) is 0 Å². The molecule has 132 valence electrons. The summed E-state index contributed by atoms with van der Waals surface area (Å²) in [5.41, 5.74) is -0.869. The van der Waals surface area contributed by atoms with Crippen molar-refractivity contribution in [2.45, 2.75) is 38.1 Å². The summed E-state index contributed by atoms with van der Waals surface area (Å²) in [5.74, 6) is 0.679. The molecule has 0 bridgehead atoms. The molecule has 1 aromatic heterocycles. The maximum atomic E-state index is 12.5. The number of hydrogen-bond acceptors (Lipinski definition) is 4. The first kappa shape index (κ1) is 20.4. The quantitative estimate of drug-likeness (QED) is 0.364. The van der Waals surface area contributed by atoms with E-state index >= 15 is 0 Å². The van der Waals surface area contributed by atoms with Gasteiger partial charge in [-0.3, -0.25) is 4.99 Å². The van der Waals surface area contributed by atoms with Gasteiger partial charge in [0.2, 0.25) is 0 Å². The first-order chi connectivity index (χ1) is 10.4. The standard InChI is InChI=1S/C13H19F3N4OS.HI/c1-17-12(18-5-8-3-2-4-9(8)21)19-6-11-20-10(7-22-11)13(14,15)16;/h7-9,21H,2-6H2,1H3,(H2,17,18,19);1H. The van der Waals surface area contributed by atoms with E-state index in [1.54, 1.807) is 7.05 Å². The Labute approximate surface area is 153 Å². The van der Waals surface area contributed by atoms with Gasteiger partial charge in [-0.05, 0) is 12.8 Å². The molecule has 5 nitrogen and oxygen atoms in total. The molecule has 1 saturated carbocycles. The maximum Gasteiger partial charge on any atom is 0.434 e. The van der Waals surface area contributed by atoms with E-state index in [2.05, 4.69) is 20.6 Å². The van der Waals surface area contributed by atoms with Crippen molar-refractivity contribution >= 4 is 41.3 Å². The number of guanidine groups is 1. The SMILES string of the molecule is CN=C(NCc1nc(C(F)(F)F)cs1)NCC1CCCC1O.I. The Balaban J connectivity index is 0.00000264. The summed E-state index contributed by atoms with van der Waals surface area (Å²) in [7, 11) is 1.59. The average molecular weight is 464 g/mol. The minimum atomic E-state index is -4.41. The summed E-state index contributed by atoms with van der Waals surface area (Å²) in [5, 5.41) is 17.1. The smallest absolute Gasteiger partial charge is 0.393 e. The van der Waals surface area contributed by atoms with Crippen molar-refractivity contribution in [3.63, 3.8) is 0 Å². The predicted octanol–water partition coefficient (Wildman–Crippen LogP) is 2.61. The van der Waals surface area contributed by atoms with Crippen molar-refractivity contribution in [1.29, 1.82) is 0 Å². The summed E-state index contributed by atoms with van der Waals surface area (Å²) in [6, 6.07) is 0. The van der Waals surface area contributed by atoms with Crippen molar-refractivity contribution < 1.29 is 18.3 Å². The van der Waals surface area contributed by atoms with E-state index < -0.39 is 11.9 Å². The lowest BCUT2D eigenvalue weighted by molar-refractivity contribution is -0.140. The average Bonchev–Trinajstić information content (AvgIpc) is 3.08. The number of nitrogens with zero attached hydrogens (tertiary/aromatic N) is 2. The monoisotopic (exact) mass is 464 g/mol. The van der Waals surface area contributed by atoms with E-state index in [0.29, 0.717) is 17.5 Å². The van der Waals surface area contributed by atoms with Crippen LogP contribution in [-0.2, 0) is 12.7 Å². The van der Waals surface area contributed by atoms with Gasteiger partial charge in [0.05, 0.1) is 12.6 Å². The van der Waals surface area contributed by atoms with Crippen molar-refractivity contribution in [2.75, 3.05) is 13.6 Å². The number of nitrogens with one attached hydrogen (secondary N) is 2. The zero-order valence-electron chi connectivity index (χ0n) is 12.6. The fraction of sp³-hybridized carbons (Fsp3) is 0.692. The van der Waals surface area contributed by atoms with Gasteiger partial charge in [0.1, 0.15) is 5.01 Å². The highest BCUT2D eigenvalue weighted by atomic mass is 127. The zero-order valence-corrected chi connectivity index (χ0v) is 15.7. The van der Waals surface area contributed by atoms with Gasteiger partial charge in [-0.15, -0.1) is 35.3 Å². The second kappa shape index (κ2) is 9.02. The maximum absolute atomic E-state index is 12.5. The van der Waals surface area contributed by atoms with Gasteiger partial charge < -0.3 is 15.7 Å². The summed E-state index contributed by atoms with van der Waals surface area (Å²) < 4.78 is 37.4. The molecule has 2 unspecified atom stereocenters.